The number of hydrogen-bond acceptors (Lipinski definition) is 3. The summed E-state index contributed by atoms with van der Waals surface area (Å²) in [6.07, 6.45) is -4.52. The minimum absolute atomic E-state index is 0.0706. The highest BCUT2D eigenvalue weighted by molar-refractivity contribution is 6.04. The molecule has 0 aromatic heterocycles. The van der Waals surface area contributed by atoms with E-state index in [2.05, 4.69) is 10.3 Å². The van der Waals surface area contributed by atoms with Crippen LogP contribution in [0.25, 0.3) is 0 Å². The number of halogens is 3. The normalized spacial score (nSPS) is 13.2. The van der Waals surface area contributed by atoms with Gasteiger partial charge >= 0.3 is 6.18 Å². The number of hydrogen-bond donors (Lipinski definition) is 1. The maximum absolute atomic E-state index is 12.7. The largest absolute Gasteiger partial charge is 0.468 e. The van der Waals surface area contributed by atoms with Gasteiger partial charge < -0.3 is 4.74 Å². The summed E-state index contributed by atoms with van der Waals surface area (Å²) in [6, 6.07) is 13.1. The Morgan fingerprint density at radius 3 is 2.40 bits per heavy atom. The van der Waals surface area contributed by atoms with Crippen LogP contribution < -0.4 is 5.32 Å². The van der Waals surface area contributed by atoms with E-state index in [0.29, 0.717) is 0 Å². The lowest BCUT2D eigenvalue weighted by Gasteiger charge is -2.12. The topological polar surface area (TPSA) is 50.7 Å². The highest BCUT2D eigenvalue weighted by Gasteiger charge is 2.31. The minimum atomic E-state index is -4.52. The van der Waals surface area contributed by atoms with Crippen molar-refractivity contribution in [1.82, 2.24) is 5.32 Å². The smallest absolute Gasteiger partial charge is 0.416 e. The molecule has 7 heteroatoms. The molecule has 0 heterocycles. The van der Waals surface area contributed by atoms with Crippen molar-refractivity contribution in [3.63, 3.8) is 0 Å². The van der Waals surface area contributed by atoms with Crippen molar-refractivity contribution in [3.05, 3.63) is 71.3 Å². The molecule has 0 aliphatic rings. The first-order valence-corrected chi connectivity index (χ1v) is 7.46. The van der Waals surface area contributed by atoms with E-state index in [1.54, 1.807) is 0 Å². The zero-order valence-electron chi connectivity index (χ0n) is 13.7. The lowest BCUT2D eigenvalue weighted by atomic mass is 10.1. The SMILES string of the molecule is COC(=N[C@H](C)c1ccccc1)NC(=O)c1cccc(C(F)(F)F)c1. The third-order valence-electron chi connectivity index (χ3n) is 3.46. The average molecular weight is 350 g/mol. The fraction of sp³-hybridized carbons (Fsp3) is 0.222. The maximum atomic E-state index is 12.7. The Kier molecular flexibility index (Phi) is 5.80. The molecule has 1 amide bonds. The number of amides is 1. The first-order chi connectivity index (χ1) is 11.8. The van der Waals surface area contributed by atoms with Gasteiger partial charge in [-0.05, 0) is 30.7 Å². The van der Waals surface area contributed by atoms with Crippen LogP contribution in [0.1, 0.15) is 34.5 Å². The average Bonchev–Trinajstić information content (AvgIpc) is 2.61. The summed E-state index contributed by atoms with van der Waals surface area (Å²) >= 11 is 0. The van der Waals surface area contributed by atoms with Crippen LogP contribution in [0, 0.1) is 0 Å². The molecule has 0 spiro atoms. The first-order valence-electron chi connectivity index (χ1n) is 7.46. The summed E-state index contributed by atoms with van der Waals surface area (Å²) in [4.78, 5) is 16.4. The van der Waals surface area contributed by atoms with Crippen molar-refractivity contribution < 1.29 is 22.7 Å². The number of carbonyl (C=O) groups excluding carboxylic acids is 1. The number of carbonyl (C=O) groups is 1. The van der Waals surface area contributed by atoms with E-state index in [1.165, 1.54) is 19.2 Å². The molecule has 1 N–H and O–H groups in total. The lowest BCUT2D eigenvalue weighted by molar-refractivity contribution is -0.137. The van der Waals surface area contributed by atoms with Crippen LogP contribution in [-0.2, 0) is 10.9 Å². The van der Waals surface area contributed by atoms with Gasteiger partial charge in [0.2, 0.25) is 0 Å². The molecule has 4 nitrogen and oxygen atoms in total. The number of ether oxygens (including phenoxy) is 1. The van der Waals surface area contributed by atoms with E-state index >= 15 is 0 Å². The summed E-state index contributed by atoms with van der Waals surface area (Å²) < 4.78 is 43.2. The van der Waals surface area contributed by atoms with Crippen molar-refractivity contribution in [3.8, 4) is 0 Å². The summed E-state index contributed by atoms with van der Waals surface area (Å²) in [6.45, 7) is 1.81. The number of alkyl halides is 3. The van der Waals surface area contributed by atoms with Gasteiger partial charge in [0.05, 0.1) is 18.7 Å². The van der Waals surface area contributed by atoms with E-state index in [1.807, 2.05) is 37.3 Å². The number of methoxy groups -OCH3 is 1. The number of nitrogens with one attached hydrogen (secondary N) is 1. The van der Waals surface area contributed by atoms with Crippen LogP contribution in [0.2, 0.25) is 0 Å². The van der Waals surface area contributed by atoms with Gasteiger partial charge in [-0.3, -0.25) is 10.1 Å². The van der Waals surface area contributed by atoms with Crippen molar-refractivity contribution >= 4 is 11.9 Å². The summed E-state index contributed by atoms with van der Waals surface area (Å²) in [5, 5.41) is 2.38. The van der Waals surface area contributed by atoms with Crippen molar-refractivity contribution in [2.45, 2.75) is 19.1 Å². The Bertz CT molecular complexity index is 758. The Labute approximate surface area is 143 Å². The molecule has 0 aliphatic heterocycles. The Morgan fingerprint density at radius 1 is 1.12 bits per heavy atom. The molecular formula is C18H17F3N2O2. The Morgan fingerprint density at radius 2 is 1.80 bits per heavy atom. The van der Waals surface area contributed by atoms with Crippen LogP contribution in [-0.4, -0.2) is 19.0 Å². The van der Waals surface area contributed by atoms with E-state index < -0.39 is 17.6 Å². The van der Waals surface area contributed by atoms with Crippen LogP contribution >= 0.6 is 0 Å². The Hall–Kier alpha value is -2.83. The number of amidine groups is 1. The van der Waals surface area contributed by atoms with E-state index in [-0.39, 0.29) is 17.6 Å². The molecule has 1 atom stereocenters. The Balaban J connectivity index is 2.16. The number of rotatable bonds is 3. The molecular weight excluding hydrogens is 333 g/mol. The molecule has 2 rings (SSSR count). The lowest BCUT2D eigenvalue weighted by Crippen LogP contribution is -2.32. The second-order valence-corrected chi connectivity index (χ2v) is 5.26. The van der Waals surface area contributed by atoms with E-state index in [0.717, 1.165) is 17.7 Å². The van der Waals surface area contributed by atoms with Crippen LogP contribution in [0.5, 0.6) is 0 Å². The van der Waals surface area contributed by atoms with Crippen molar-refractivity contribution in [1.29, 1.82) is 0 Å². The first kappa shape index (κ1) is 18.5. The predicted octanol–water partition coefficient (Wildman–Crippen LogP) is 4.20. The maximum Gasteiger partial charge on any atom is 0.416 e. The standard InChI is InChI=1S/C18H17F3N2O2/c1-12(13-7-4-3-5-8-13)22-17(25-2)23-16(24)14-9-6-10-15(11-14)18(19,20)21/h3-12H,1-2H3,(H,22,23,24)/t12-/m1/s1. The molecule has 2 aromatic carbocycles. The van der Waals surface area contributed by atoms with Gasteiger partial charge in [-0.2, -0.15) is 13.2 Å². The third-order valence-corrected chi connectivity index (χ3v) is 3.46. The monoisotopic (exact) mass is 350 g/mol. The van der Waals surface area contributed by atoms with Gasteiger partial charge in [-0.1, -0.05) is 36.4 Å². The second kappa shape index (κ2) is 7.83. The van der Waals surface area contributed by atoms with Gasteiger partial charge in [-0.15, -0.1) is 0 Å². The number of aliphatic imine (C=N–C) groups is 1. The molecule has 0 saturated carbocycles. The fourth-order valence-electron chi connectivity index (χ4n) is 2.12. The van der Waals surface area contributed by atoms with E-state index in [9.17, 15) is 18.0 Å². The molecule has 0 radical (unpaired) electrons. The molecule has 0 fully saturated rings. The van der Waals surface area contributed by atoms with Crippen molar-refractivity contribution in [2.75, 3.05) is 7.11 Å². The van der Waals surface area contributed by atoms with Crippen LogP contribution in [0.3, 0.4) is 0 Å². The molecule has 0 saturated heterocycles. The second-order valence-electron chi connectivity index (χ2n) is 5.26. The van der Waals surface area contributed by atoms with Crippen LogP contribution in [0.4, 0.5) is 13.2 Å². The minimum Gasteiger partial charge on any atom is -0.468 e. The molecule has 2 aromatic rings. The van der Waals surface area contributed by atoms with Gasteiger partial charge in [-0.25, -0.2) is 4.99 Å². The highest BCUT2D eigenvalue weighted by Crippen LogP contribution is 2.29. The molecule has 0 aliphatic carbocycles. The summed E-state index contributed by atoms with van der Waals surface area (Å²) in [5.74, 6) is -0.730. The predicted molar refractivity (Wildman–Crippen MR) is 88.2 cm³/mol. The van der Waals surface area contributed by atoms with Crippen LogP contribution in [0.15, 0.2) is 59.6 Å². The highest BCUT2D eigenvalue weighted by atomic mass is 19.4. The third kappa shape index (κ3) is 5.07. The fourth-order valence-corrected chi connectivity index (χ4v) is 2.12. The number of benzene rings is 2. The molecule has 132 valence electrons. The quantitative estimate of drug-likeness (QED) is 0.666. The van der Waals surface area contributed by atoms with Gasteiger partial charge in [0.25, 0.3) is 11.9 Å². The molecule has 0 unspecified atom stereocenters. The van der Waals surface area contributed by atoms with Gasteiger partial charge in [0.1, 0.15) is 0 Å². The molecule has 25 heavy (non-hydrogen) atoms. The number of nitrogens with zero attached hydrogens (tertiary/aromatic N) is 1. The van der Waals surface area contributed by atoms with Gasteiger partial charge in [0.15, 0.2) is 0 Å². The van der Waals surface area contributed by atoms with Gasteiger partial charge in [0, 0.05) is 5.56 Å². The zero-order chi connectivity index (χ0) is 18.4. The molecule has 0 bridgehead atoms. The summed E-state index contributed by atoms with van der Waals surface area (Å²) in [7, 11) is 1.32. The van der Waals surface area contributed by atoms with Crippen molar-refractivity contribution in [2.24, 2.45) is 4.99 Å². The van der Waals surface area contributed by atoms with E-state index in [4.69, 9.17) is 4.74 Å². The zero-order valence-corrected chi connectivity index (χ0v) is 13.7. The summed E-state index contributed by atoms with van der Waals surface area (Å²) in [5.41, 5.74) is -0.119.